The summed E-state index contributed by atoms with van der Waals surface area (Å²) in [6.45, 7) is 3.26. The molecule has 6 nitrogen and oxygen atoms in total. The van der Waals surface area contributed by atoms with Gasteiger partial charge < -0.3 is 20.7 Å². The summed E-state index contributed by atoms with van der Waals surface area (Å²) in [6.07, 6.45) is 5.77. The highest BCUT2D eigenvalue weighted by Crippen LogP contribution is 2.29. The lowest BCUT2D eigenvalue weighted by Gasteiger charge is -2.29. The Balaban J connectivity index is 1.31. The quantitative estimate of drug-likeness (QED) is 0.670. The van der Waals surface area contributed by atoms with Crippen molar-refractivity contribution < 1.29 is 4.74 Å². The first-order chi connectivity index (χ1) is 14.2. The lowest BCUT2D eigenvalue weighted by molar-refractivity contribution is 0.122. The molecule has 2 heterocycles. The van der Waals surface area contributed by atoms with Crippen molar-refractivity contribution in [1.82, 2.24) is 9.97 Å². The molecule has 5 rings (SSSR count). The minimum absolute atomic E-state index is 0.346. The van der Waals surface area contributed by atoms with Crippen molar-refractivity contribution >= 4 is 17.3 Å². The smallest absolute Gasteiger partial charge is 0.222 e. The number of anilines is 3. The number of nitrogens with two attached hydrogens (primary N) is 1. The maximum atomic E-state index is 6.17. The Morgan fingerprint density at radius 3 is 2.31 bits per heavy atom. The Morgan fingerprint density at radius 1 is 0.931 bits per heavy atom. The molecule has 2 aromatic carbocycles. The van der Waals surface area contributed by atoms with E-state index >= 15 is 0 Å². The molecule has 2 aliphatic rings. The van der Waals surface area contributed by atoms with Gasteiger partial charge in [-0.25, -0.2) is 9.97 Å². The molecular formula is C23H25N5O. The predicted octanol–water partition coefficient (Wildman–Crippen LogP) is 3.14. The number of nitrogen functional groups attached to an aromatic ring is 1. The van der Waals surface area contributed by atoms with E-state index in [4.69, 9.17) is 10.5 Å². The van der Waals surface area contributed by atoms with Crippen LogP contribution in [0.4, 0.5) is 17.3 Å². The number of ether oxygens (including phenoxy) is 1. The largest absolute Gasteiger partial charge is 0.399 e. The van der Waals surface area contributed by atoms with Gasteiger partial charge in [0.1, 0.15) is 0 Å². The Kier molecular flexibility index (Phi) is 4.77. The third-order valence-electron chi connectivity index (χ3n) is 5.69. The molecule has 1 saturated heterocycles. The Hall–Kier alpha value is -3.12. The van der Waals surface area contributed by atoms with E-state index in [1.165, 1.54) is 11.1 Å². The average Bonchev–Trinajstić information content (AvgIpc) is 3.17. The predicted molar refractivity (Wildman–Crippen MR) is 116 cm³/mol. The van der Waals surface area contributed by atoms with Crippen molar-refractivity contribution in [3.63, 3.8) is 0 Å². The van der Waals surface area contributed by atoms with E-state index in [1.54, 1.807) is 0 Å². The highest BCUT2D eigenvalue weighted by Gasteiger charge is 2.21. The maximum Gasteiger partial charge on any atom is 0.222 e. The first kappa shape index (κ1) is 17.9. The number of benzene rings is 2. The molecule has 6 heteroatoms. The maximum absolute atomic E-state index is 6.17. The van der Waals surface area contributed by atoms with E-state index in [9.17, 15) is 0 Å². The number of aromatic nitrogens is 2. The molecule has 0 atom stereocenters. The van der Waals surface area contributed by atoms with Crippen LogP contribution in [0.5, 0.6) is 0 Å². The summed E-state index contributed by atoms with van der Waals surface area (Å²) < 4.78 is 5.45. The van der Waals surface area contributed by atoms with Gasteiger partial charge in [-0.05, 0) is 47.7 Å². The van der Waals surface area contributed by atoms with Crippen LogP contribution in [0, 0.1) is 0 Å². The lowest BCUT2D eigenvalue weighted by atomic mass is 10.1. The van der Waals surface area contributed by atoms with Gasteiger partial charge in [0.15, 0.2) is 0 Å². The molecule has 1 aliphatic carbocycles. The number of hydrogen-bond acceptors (Lipinski definition) is 6. The van der Waals surface area contributed by atoms with Crippen LogP contribution in [0.15, 0.2) is 54.9 Å². The molecule has 0 unspecified atom stereocenters. The third-order valence-corrected chi connectivity index (χ3v) is 5.69. The van der Waals surface area contributed by atoms with E-state index in [2.05, 4.69) is 50.5 Å². The standard InChI is InChI=1S/C23H25N5O/c24-20-9-18(12-22(13-20)28-5-7-29-8-6-28)19-14-25-23(26-15-19)27-21-10-16-3-1-2-4-17(16)11-21/h1-4,9,12-15,21H,5-8,10-11,24H2,(H,25,26,27). The molecule has 0 radical (unpaired) electrons. The van der Waals surface area contributed by atoms with Gasteiger partial charge in [-0.2, -0.15) is 0 Å². The van der Waals surface area contributed by atoms with Crippen molar-refractivity contribution in [2.24, 2.45) is 0 Å². The second-order valence-electron chi connectivity index (χ2n) is 7.73. The fraction of sp³-hybridized carbons (Fsp3) is 0.304. The van der Waals surface area contributed by atoms with Gasteiger partial charge in [0.05, 0.1) is 13.2 Å². The third kappa shape index (κ3) is 3.89. The summed E-state index contributed by atoms with van der Waals surface area (Å²) in [5.74, 6) is 0.670. The van der Waals surface area contributed by atoms with Gasteiger partial charge in [0.25, 0.3) is 0 Å². The topological polar surface area (TPSA) is 76.3 Å². The molecule has 1 aromatic heterocycles. The second-order valence-corrected chi connectivity index (χ2v) is 7.73. The average molecular weight is 387 g/mol. The molecule has 0 spiro atoms. The van der Waals surface area contributed by atoms with Gasteiger partial charge in [0.2, 0.25) is 5.95 Å². The van der Waals surface area contributed by atoms with Crippen LogP contribution in [0.1, 0.15) is 11.1 Å². The molecule has 3 N–H and O–H groups in total. The zero-order valence-electron chi connectivity index (χ0n) is 16.3. The van der Waals surface area contributed by atoms with E-state index < -0.39 is 0 Å². The fourth-order valence-electron chi connectivity index (χ4n) is 4.20. The summed E-state index contributed by atoms with van der Waals surface area (Å²) >= 11 is 0. The summed E-state index contributed by atoms with van der Waals surface area (Å²) in [5.41, 5.74) is 12.9. The molecule has 1 fully saturated rings. The molecule has 148 valence electrons. The van der Waals surface area contributed by atoms with E-state index in [0.717, 1.165) is 61.6 Å². The normalized spacial score (nSPS) is 16.6. The van der Waals surface area contributed by atoms with Crippen LogP contribution in [0.3, 0.4) is 0 Å². The van der Waals surface area contributed by atoms with Crippen LogP contribution < -0.4 is 16.0 Å². The molecule has 0 bridgehead atoms. The van der Waals surface area contributed by atoms with Crippen molar-refractivity contribution in [3.8, 4) is 11.1 Å². The van der Waals surface area contributed by atoms with Crippen molar-refractivity contribution in [3.05, 3.63) is 66.0 Å². The van der Waals surface area contributed by atoms with E-state index in [0.29, 0.717) is 12.0 Å². The Labute approximate surface area is 170 Å². The molecule has 3 aromatic rings. The molecule has 1 aliphatic heterocycles. The van der Waals surface area contributed by atoms with Crippen molar-refractivity contribution in [2.45, 2.75) is 18.9 Å². The Morgan fingerprint density at radius 2 is 1.62 bits per heavy atom. The number of rotatable bonds is 4. The molecule has 0 saturated carbocycles. The minimum atomic E-state index is 0.346. The van der Waals surface area contributed by atoms with Crippen LogP contribution >= 0.6 is 0 Å². The zero-order valence-corrected chi connectivity index (χ0v) is 16.3. The first-order valence-electron chi connectivity index (χ1n) is 10.1. The van der Waals surface area contributed by atoms with Crippen molar-refractivity contribution in [1.29, 1.82) is 0 Å². The molecule has 0 amide bonds. The highest BCUT2D eigenvalue weighted by atomic mass is 16.5. The SMILES string of the molecule is Nc1cc(-c2cnc(NC3Cc4ccccc4C3)nc2)cc(N2CCOCC2)c1. The van der Waals surface area contributed by atoms with Crippen LogP contribution in [-0.4, -0.2) is 42.3 Å². The fourth-order valence-corrected chi connectivity index (χ4v) is 4.20. The van der Waals surface area contributed by atoms with Gasteiger partial charge >= 0.3 is 0 Å². The van der Waals surface area contributed by atoms with Crippen LogP contribution in [0.2, 0.25) is 0 Å². The summed E-state index contributed by atoms with van der Waals surface area (Å²) in [5, 5.41) is 3.47. The summed E-state index contributed by atoms with van der Waals surface area (Å²) in [7, 11) is 0. The summed E-state index contributed by atoms with van der Waals surface area (Å²) in [6, 6.07) is 15.1. The van der Waals surface area contributed by atoms with Gasteiger partial charge in [-0.1, -0.05) is 24.3 Å². The van der Waals surface area contributed by atoms with Crippen LogP contribution in [-0.2, 0) is 17.6 Å². The van der Waals surface area contributed by atoms with E-state index in [-0.39, 0.29) is 0 Å². The Bertz CT molecular complexity index is 973. The van der Waals surface area contributed by atoms with E-state index in [1.807, 2.05) is 24.5 Å². The minimum Gasteiger partial charge on any atom is -0.399 e. The molecular weight excluding hydrogens is 362 g/mol. The zero-order chi connectivity index (χ0) is 19.6. The highest BCUT2D eigenvalue weighted by molar-refractivity contribution is 5.73. The number of hydrogen-bond donors (Lipinski definition) is 2. The lowest BCUT2D eigenvalue weighted by Crippen LogP contribution is -2.36. The number of morpholine rings is 1. The summed E-state index contributed by atoms with van der Waals surface area (Å²) in [4.78, 5) is 11.4. The second kappa shape index (κ2) is 7.72. The van der Waals surface area contributed by atoms with Gasteiger partial charge in [-0.3, -0.25) is 0 Å². The number of fused-ring (bicyclic) bond motifs is 1. The monoisotopic (exact) mass is 387 g/mol. The van der Waals surface area contributed by atoms with Gasteiger partial charge in [0, 0.05) is 48.5 Å². The van der Waals surface area contributed by atoms with Crippen LogP contribution in [0.25, 0.3) is 11.1 Å². The number of nitrogens with zero attached hydrogens (tertiary/aromatic N) is 3. The molecule has 29 heavy (non-hydrogen) atoms. The van der Waals surface area contributed by atoms with Crippen molar-refractivity contribution in [2.75, 3.05) is 42.3 Å². The van der Waals surface area contributed by atoms with Gasteiger partial charge in [-0.15, -0.1) is 0 Å². The number of nitrogens with one attached hydrogen (secondary N) is 1. The first-order valence-corrected chi connectivity index (χ1v) is 10.1.